The fraction of sp³-hybridized carbons (Fsp3) is 0.632. The summed E-state index contributed by atoms with van der Waals surface area (Å²) in [6.07, 6.45) is -0.496. The molecule has 1 unspecified atom stereocenters. The van der Waals surface area contributed by atoms with Crippen molar-refractivity contribution in [3.8, 4) is 5.75 Å². The van der Waals surface area contributed by atoms with E-state index in [9.17, 15) is 4.79 Å². The molecule has 1 aromatic rings. The number of benzene rings is 1. The third-order valence-corrected chi connectivity index (χ3v) is 4.46. The molecule has 1 aromatic carbocycles. The third-order valence-electron chi connectivity index (χ3n) is 4.46. The standard InChI is InChI=1S/C19H30N2O3/c1-15(18(23)21-10-8-20(9-11-21)12-13-22)24-17-7-5-6-16(14-17)19(2,3)4/h5-7,14-15,22H,8-13H2,1-4H3. The SMILES string of the molecule is CC(Oc1cccc(C(C)(C)C)c1)C(=O)N1CCN(CCO)CC1. The average molecular weight is 334 g/mol. The normalized spacial score (nSPS) is 17.6. The second-order valence-corrected chi connectivity index (χ2v) is 7.43. The van der Waals surface area contributed by atoms with E-state index in [2.05, 4.69) is 31.7 Å². The highest BCUT2D eigenvalue weighted by Crippen LogP contribution is 2.26. The molecule has 0 spiro atoms. The Morgan fingerprint density at radius 2 is 1.92 bits per heavy atom. The molecule has 1 aliphatic heterocycles. The topological polar surface area (TPSA) is 53.0 Å². The summed E-state index contributed by atoms with van der Waals surface area (Å²) in [5.41, 5.74) is 1.24. The summed E-state index contributed by atoms with van der Waals surface area (Å²) >= 11 is 0. The minimum Gasteiger partial charge on any atom is -0.481 e. The Morgan fingerprint density at radius 1 is 1.25 bits per heavy atom. The van der Waals surface area contributed by atoms with Crippen LogP contribution in [0.5, 0.6) is 5.75 Å². The van der Waals surface area contributed by atoms with Gasteiger partial charge in [-0.15, -0.1) is 0 Å². The van der Waals surface area contributed by atoms with Gasteiger partial charge in [-0.3, -0.25) is 9.69 Å². The zero-order valence-electron chi connectivity index (χ0n) is 15.3. The number of β-amino-alcohol motifs (C(OH)–C–C–N with tert-alkyl or cyclic N) is 1. The Balaban J connectivity index is 1.93. The number of ether oxygens (including phenoxy) is 1. The molecule has 134 valence electrons. The van der Waals surface area contributed by atoms with Crippen molar-refractivity contribution in [2.45, 2.75) is 39.2 Å². The number of nitrogens with zero attached hydrogens (tertiary/aromatic N) is 2. The van der Waals surface area contributed by atoms with Gasteiger partial charge in [-0.1, -0.05) is 32.9 Å². The van der Waals surface area contributed by atoms with Crippen LogP contribution < -0.4 is 4.74 Å². The number of rotatable bonds is 5. The molecule has 1 N–H and O–H groups in total. The highest BCUT2D eigenvalue weighted by molar-refractivity contribution is 5.81. The van der Waals surface area contributed by atoms with E-state index < -0.39 is 6.10 Å². The van der Waals surface area contributed by atoms with Crippen molar-refractivity contribution in [2.24, 2.45) is 0 Å². The van der Waals surface area contributed by atoms with Crippen LogP contribution >= 0.6 is 0 Å². The fourth-order valence-corrected chi connectivity index (χ4v) is 2.88. The van der Waals surface area contributed by atoms with Gasteiger partial charge in [0.1, 0.15) is 5.75 Å². The molecule has 1 amide bonds. The highest BCUT2D eigenvalue weighted by atomic mass is 16.5. The molecule has 0 aliphatic carbocycles. The summed E-state index contributed by atoms with van der Waals surface area (Å²) in [5, 5.41) is 8.98. The Morgan fingerprint density at radius 3 is 2.50 bits per heavy atom. The van der Waals surface area contributed by atoms with Crippen molar-refractivity contribution >= 4 is 5.91 Å². The van der Waals surface area contributed by atoms with Gasteiger partial charge in [0.05, 0.1) is 6.61 Å². The first kappa shape index (κ1) is 18.7. The number of hydrogen-bond donors (Lipinski definition) is 1. The van der Waals surface area contributed by atoms with E-state index in [0.717, 1.165) is 18.8 Å². The molecule has 0 aromatic heterocycles. The smallest absolute Gasteiger partial charge is 0.263 e. The lowest BCUT2D eigenvalue weighted by Gasteiger charge is -2.35. The van der Waals surface area contributed by atoms with E-state index >= 15 is 0 Å². The quantitative estimate of drug-likeness (QED) is 0.893. The Labute approximate surface area is 145 Å². The first-order chi connectivity index (χ1) is 11.3. The van der Waals surface area contributed by atoms with Crippen LogP contribution in [0.1, 0.15) is 33.3 Å². The summed E-state index contributed by atoms with van der Waals surface area (Å²) in [4.78, 5) is 16.6. The maximum atomic E-state index is 12.6. The van der Waals surface area contributed by atoms with E-state index in [4.69, 9.17) is 9.84 Å². The van der Waals surface area contributed by atoms with Crippen LogP contribution in [-0.4, -0.2) is 66.2 Å². The molecule has 0 radical (unpaired) electrons. The summed E-state index contributed by atoms with van der Waals surface area (Å²) in [6, 6.07) is 7.97. The molecule has 0 saturated carbocycles. The third kappa shape index (κ3) is 4.95. The second kappa shape index (κ2) is 7.99. The predicted molar refractivity (Wildman–Crippen MR) is 95.3 cm³/mol. The summed E-state index contributed by atoms with van der Waals surface area (Å²) in [7, 11) is 0. The van der Waals surface area contributed by atoms with Crippen LogP contribution in [0.25, 0.3) is 0 Å². The van der Waals surface area contributed by atoms with Crippen LogP contribution in [0.15, 0.2) is 24.3 Å². The van der Waals surface area contributed by atoms with Crippen LogP contribution in [0.4, 0.5) is 0 Å². The number of amides is 1. The van der Waals surface area contributed by atoms with Gasteiger partial charge in [-0.05, 0) is 30.0 Å². The number of piperazine rings is 1. The molecular weight excluding hydrogens is 304 g/mol. The Hall–Kier alpha value is -1.59. The predicted octanol–water partition coefficient (Wildman–Crippen LogP) is 1.89. The first-order valence-electron chi connectivity index (χ1n) is 8.70. The minimum absolute atomic E-state index is 0.0276. The second-order valence-electron chi connectivity index (χ2n) is 7.43. The summed E-state index contributed by atoms with van der Waals surface area (Å²) < 4.78 is 5.89. The van der Waals surface area contributed by atoms with Gasteiger partial charge < -0.3 is 14.7 Å². The largest absolute Gasteiger partial charge is 0.481 e. The van der Waals surface area contributed by atoms with Gasteiger partial charge in [0, 0.05) is 32.7 Å². The lowest BCUT2D eigenvalue weighted by atomic mass is 9.87. The molecule has 1 saturated heterocycles. The fourth-order valence-electron chi connectivity index (χ4n) is 2.88. The molecule has 5 nitrogen and oxygen atoms in total. The van der Waals surface area contributed by atoms with Gasteiger partial charge in [0.2, 0.25) is 0 Å². The molecular formula is C19H30N2O3. The lowest BCUT2D eigenvalue weighted by molar-refractivity contribution is -0.139. The summed E-state index contributed by atoms with van der Waals surface area (Å²) in [5.74, 6) is 0.766. The molecule has 2 rings (SSSR count). The highest BCUT2D eigenvalue weighted by Gasteiger charge is 2.26. The number of carbonyl (C=O) groups excluding carboxylic acids is 1. The maximum Gasteiger partial charge on any atom is 0.263 e. The van der Waals surface area contributed by atoms with Crippen molar-refractivity contribution in [1.82, 2.24) is 9.80 Å². The van der Waals surface area contributed by atoms with Crippen LogP contribution in [0.3, 0.4) is 0 Å². The number of aliphatic hydroxyl groups excluding tert-OH is 1. The number of aliphatic hydroxyl groups is 1. The molecule has 1 fully saturated rings. The first-order valence-corrected chi connectivity index (χ1v) is 8.70. The van der Waals surface area contributed by atoms with Gasteiger partial charge in [-0.25, -0.2) is 0 Å². The molecule has 24 heavy (non-hydrogen) atoms. The zero-order chi connectivity index (χ0) is 17.7. The van der Waals surface area contributed by atoms with E-state index in [1.54, 1.807) is 0 Å². The van der Waals surface area contributed by atoms with E-state index in [0.29, 0.717) is 19.6 Å². The Kier molecular flexibility index (Phi) is 6.24. The van der Waals surface area contributed by atoms with Crippen LogP contribution in [-0.2, 0) is 10.2 Å². The van der Waals surface area contributed by atoms with Gasteiger partial charge >= 0.3 is 0 Å². The van der Waals surface area contributed by atoms with Gasteiger partial charge in [0.25, 0.3) is 5.91 Å². The van der Waals surface area contributed by atoms with E-state index in [-0.39, 0.29) is 17.9 Å². The van der Waals surface area contributed by atoms with Crippen LogP contribution in [0.2, 0.25) is 0 Å². The number of carbonyl (C=O) groups is 1. The maximum absolute atomic E-state index is 12.6. The van der Waals surface area contributed by atoms with Crippen molar-refractivity contribution in [2.75, 3.05) is 39.3 Å². The molecule has 1 atom stereocenters. The van der Waals surface area contributed by atoms with Crippen molar-refractivity contribution < 1.29 is 14.6 Å². The van der Waals surface area contributed by atoms with Crippen LogP contribution in [0, 0.1) is 0 Å². The monoisotopic (exact) mass is 334 g/mol. The van der Waals surface area contributed by atoms with Gasteiger partial charge in [-0.2, -0.15) is 0 Å². The van der Waals surface area contributed by atoms with Crippen molar-refractivity contribution in [1.29, 1.82) is 0 Å². The Bertz CT molecular complexity index is 546. The zero-order valence-corrected chi connectivity index (χ0v) is 15.3. The number of hydrogen-bond acceptors (Lipinski definition) is 4. The van der Waals surface area contributed by atoms with Gasteiger partial charge in [0.15, 0.2) is 6.10 Å². The molecule has 0 bridgehead atoms. The molecule has 1 aliphatic rings. The van der Waals surface area contributed by atoms with E-state index in [1.165, 1.54) is 5.56 Å². The molecule has 1 heterocycles. The minimum atomic E-state index is -0.496. The lowest BCUT2D eigenvalue weighted by Crippen LogP contribution is -2.52. The van der Waals surface area contributed by atoms with E-state index in [1.807, 2.05) is 30.0 Å². The summed E-state index contributed by atoms with van der Waals surface area (Å²) in [6.45, 7) is 12.1. The van der Waals surface area contributed by atoms with Crippen molar-refractivity contribution in [3.63, 3.8) is 0 Å². The average Bonchev–Trinajstić information content (AvgIpc) is 2.54. The molecule has 5 heteroatoms. The van der Waals surface area contributed by atoms with Crippen molar-refractivity contribution in [3.05, 3.63) is 29.8 Å².